The van der Waals surface area contributed by atoms with Crippen molar-refractivity contribution in [2.24, 2.45) is 5.84 Å². The van der Waals surface area contributed by atoms with Crippen LogP contribution in [0.3, 0.4) is 0 Å². The molecule has 112 valence electrons. The third-order valence-electron chi connectivity index (χ3n) is 3.32. The van der Waals surface area contributed by atoms with Crippen LogP contribution >= 0.6 is 0 Å². The Balaban J connectivity index is 2.41. The molecule has 1 heterocycles. The van der Waals surface area contributed by atoms with Crippen LogP contribution in [0.4, 0.5) is 17.3 Å². The molecule has 0 aliphatic rings. The van der Waals surface area contributed by atoms with Crippen molar-refractivity contribution in [1.29, 1.82) is 0 Å². The molecule has 2 rings (SSSR count). The van der Waals surface area contributed by atoms with Gasteiger partial charge in [-0.3, -0.25) is 0 Å². The van der Waals surface area contributed by atoms with Gasteiger partial charge in [-0.05, 0) is 43.5 Å². The fourth-order valence-corrected chi connectivity index (χ4v) is 2.34. The smallest absolute Gasteiger partial charge is 0.145 e. The van der Waals surface area contributed by atoms with Crippen LogP contribution in [0.5, 0.6) is 0 Å². The molecule has 0 aliphatic heterocycles. The van der Waals surface area contributed by atoms with E-state index in [2.05, 4.69) is 59.3 Å². The number of nitrogen functional groups attached to an aromatic ring is 1. The highest BCUT2D eigenvalue weighted by atomic mass is 15.3. The summed E-state index contributed by atoms with van der Waals surface area (Å²) in [6.45, 7) is 6.30. The van der Waals surface area contributed by atoms with Crippen molar-refractivity contribution in [2.45, 2.75) is 33.6 Å². The second-order valence-electron chi connectivity index (χ2n) is 5.33. The van der Waals surface area contributed by atoms with Gasteiger partial charge in [-0.15, -0.1) is 0 Å². The SMILES string of the molecule is CCCc1nc(NN)cc(N(C)c2cc(C)cc(C)c2)n1. The van der Waals surface area contributed by atoms with Gasteiger partial charge in [0.15, 0.2) is 0 Å². The molecule has 0 amide bonds. The third-order valence-corrected chi connectivity index (χ3v) is 3.32. The van der Waals surface area contributed by atoms with E-state index in [0.29, 0.717) is 5.82 Å². The molecule has 5 heteroatoms. The molecule has 0 aliphatic carbocycles. The standard InChI is InChI=1S/C16H23N5/c1-5-6-14-18-15(20-17)10-16(19-14)21(4)13-8-11(2)7-12(3)9-13/h7-10H,5-6,17H2,1-4H3,(H,18,19,20). The summed E-state index contributed by atoms with van der Waals surface area (Å²) >= 11 is 0. The Morgan fingerprint density at radius 2 is 1.76 bits per heavy atom. The molecule has 0 spiro atoms. The number of hydrogen-bond acceptors (Lipinski definition) is 5. The lowest BCUT2D eigenvalue weighted by Crippen LogP contribution is -2.16. The summed E-state index contributed by atoms with van der Waals surface area (Å²) in [4.78, 5) is 11.1. The van der Waals surface area contributed by atoms with Gasteiger partial charge in [0, 0.05) is 25.2 Å². The third kappa shape index (κ3) is 3.70. The Labute approximate surface area is 126 Å². The Morgan fingerprint density at radius 3 is 2.33 bits per heavy atom. The summed E-state index contributed by atoms with van der Waals surface area (Å²) in [5.74, 6) is 7.79. The maximum absolute atomic E-state index is 5.51. The maximum Gasteiger partial charge on any atom is 0.145 e. The fourth-order valence-electron chi connectivity index (χ4n) is 2.34. The number of nitrogens with zero attached hydrogens (tertiary/aromatic N) is 3. The number of hydrazine groups is 1. The van der Waals surface area contributed by atoms with Gasteiger partial charge in [-0.1, -0.05) is 13.0 Å². The number of rotatable bonds is 5. The minimum atomic E-state index is 0.639. The van der Waals surface area contributed by atoms with Crippen LogP contribution in [0, 0.1) is 13.8 Å². The average Bonchev–Trinajstić information content (AvgIpc) is 2.45. The number of nitrogens with two attached hydrogens (primary N) is 1. The predicted molar refractivity (Wildman–Crippen MR) is 87.8 cm³/mol. The first-order valence-corrected chi connectivity index (χ1v) is 7.20. The first kappa shape index (κ1) is 15.3. The molecule has 5 nitrogen and oxygen atoms in total. The highest BCUT2D eigenvalue weighted by Gasteiger charge is 2.10. The van der Waals surface area contributed by atoms with E-state index in [1.807, 2.05) is 13.1 Å². The molecule has 0 unspecified atom stereocenters. The topological polar surface area (TPSA) is 67.1 Å². The van der Waals surface area contributed by atoms with Gasteiger partial charge in [0.1, 0.15) is 17.5 Å². The summed E-state index contributed by atoms with van der Waals surface area (Å²) in [5, 5.41) is 0. The number of hydrogen-bond donors (Lipinski definition) is 2. The predicted octanol–water partition coefficient (Wildman–Crippen LogP) is 3.10. The van der Waals surface area contributed by atoms with Crippen LogP contribution in [0.25, 0.3) is 0 Å². The highest BCUT2D eigenvalue weighted by Crippen LogP contribution is 2.25. The summed E-state index contributed by atoms with van der Waals surface area (Å²) in [6, 6.07) is 8.30. The van der Waals surface area contributed by atoms with Crippen molar-refractivity contribution in [2.75, 3.05) is 17.4 Å². The van der Waals surface area contributed by atoms with Gasteiger partial charge in [0.2, 0.25) is 0 Å². The van der Waals surface area contributed by atoms with Gasteiger partial charge in [0.25, 0.3) is 0 Å². The zero-order chi connectivity index (χ0) is 15.4. The molecular weight excluding hydrogens is 262 g/mol. The van der Waals surface area contributed by atoms with E-state index in [9.17, 15) is 0 Å². The van der Waals surface area contributed by atoms with Crippen LogP contribution in [0.1, 0.15) is 30.3 Å². The zero-order valence-electron chi connectivity index (χ0n) is 13.1. The van der Waals surface area contributed by atoms with E-state index < -0.39 is 0 Å². The second kappa shape index (κ2) is 6.54. The number of benzene rings is 1. The Morgan fingerprint density at radius 1 is 1.10 bits per heavy atom. The first-order valence-electron chi connectivity index (χ1n) is 7.20. The summed E-state index contributed by atoms with van der Waals surface area (Å²) in [7, 11) is 2.01. The molecule has 0 saturated heterocycles. The summed E-state index contributed by atoms with van der Waals surface area (Å²) in [5.41, 5.74) is 6.19. The lowest BCUT2D eigenvalue weighted by Gasteiger charge is -2.20. The molecule has 0 atom stereocenters. The van der Waals surface area contributed by atoms with Crippen LogP contribution in [-0.4, -0.2) is 17.0 Å². The molecule has 1 aromatic carbocycles. The normalized spacial score (nSPS) is 10.5. The molecule has 0 fully saturated rings. The lowest BCUT2D eigenvalue weighted by atomic mass is 10.1. The van der Waals surface area contributed by atoms with Crippen molar-refractivity contribution >= 4 is 17.3 Å². The van der Waals surface area contributed by atoms with Gasteiger partial charge in [-0.25, -0.2) is 15.8 Å². The molecule has 0 saturated carbocycles. The Kier molecular flexibility index (Phi) is 4.75. The largest absolute Gasteiger partial charge is 0.329 e. The van der Waals surface area contributed by atoms with Gasteiger partial charge < -0.3 is 10.3 Å². The zero-order valence-corrected chi connectivity index (χ0v) is 13.1. The molecule has 3 N–H and O–H groups in total. The lowest BCUT2D eigenvalue weighted by molar-refractivity contribution is 0.831. The van der Waals surface area contributed by atoms with Gasteiger partial charge in [-0.2, -0.15) is 0 Å². The Hall–Kier alpha value is -2.14. The van der Waals surface area contributed by atoms with Crippen LogP contribution < -0.4 is 16.2 Å². The van der Waals surface area contributed by atoms with Crippen LogP contribution in [0.2, 0.25) is 0 Å². The van der Waals surface area contributed by atoms with Crippen molar-refractivity contribution < 1.29 is 0 Å². The highest BCUT2D eigenvalue weighted by molar-refractivity contribution is 5.63. The molecule has 1 aromatic heterocycles. The molecule has 21 heavy (non-hydrogen) atoms. The van der Waals surface area contributed by atoms with Crippen molar-refractivity contribution in [3.05, 3.63) is 41.2 Å². The second-order valence-corrected chi connectivity index (χ2v) is 5.33. The fraction of sp³-hybridized carbons (Fsp3) is 0.375. The molecule has 2 aromatic rings. The molecule has 0 bridgehead atoms. The van der Waals surface area contributed by atoms with E-state index in [-0.39, 0.29) is 0 Å². The summed E-state index contributed by atoms with van der Waals surface area (Å²) in [6.07, 6.45) is 1.84. The van der Waals surface area contributed by atoms with Crippen LogP contribution in [-0.2, 0) is 6.42 Å². The van der Waals surface area contributed by atoms with Crippen molar-refractivity contribution in [1.82, 2.24) is 9.97 Å². The minimum Gasteiger partial charge on any atom is -0.329 e. The van der Waals surface area contributed by atoms with Gasteiger partial charge in [0.05, 0.1) is 0 Å². The van der Waals surface area contributed by atoms with E-state index >= 15 is 0 Å². The quantitative estimate of drug-likeness (QED) is 0.652. The number of nitrogens with one attached hydrogen (secondary N) is 1. The average molecular weight is 285 g/mol. The minimum absolute atomic E-state index is 0.639. The van der Waals surface area contributed by atoms with Crippen molar-refractivity contribution in [3.8, 4) is 0 Å². The number of anilines is 3. The van der Waals surface area contributed by atoms with E-state index in [1.54, 1.807) is 0 Å². The molecular formula is C16H23N5. The Bertz CT molecular complexity index is 604. The number of aromatic nitrogens is 2. The number of aryl methyl sites for hydroxylation is 3. The summed E-state index contributed by atoms with van der Waals surface area (Å²) < 4.78 is 0. The monoisotopic (exact) mass is 285 g/mol. The van der Waals surface area contributed by atoms with Crippen molar-refractivity contribution in [3.63, 3.8) is 0 Å². The van der Waals surface area contributed by atoms with Crippen LogP contribution in [0.15, 0.2) is 24.3 Å². The first-order chi connectivity index (χ1) is 10.0. The van der Waals surface area contributed by atoms with E-state index in [4.69, 9.17) is 5.84 Å². The molecule has 0 radical (unpaired) electrons. The van der Waals surface area contributed by atoms with Gasteiger partial charge >= 0.3 is 0 Å². The maximum atomic E-state index is 5.51. The van der Waals surface area contributed by atoms with E-state index in [0.717, 1.165) is 30.2 Å². The van der Waals surface area contributed by atoms with E-state index in [1.165, 1.54) is 11.1 Å².